The van der Waals surface area contributed by atoms with Crippen LogP contribution >= 0.6 is 11.6 Å². The first-order valence-electron chi connectivity index (χ1n) is 12.7. The van der Waals surface area contributed by atoms with Crippen LogP contribution in [-0.4, -0.2) is 44.3 Å². The fourth-order valence-electron chi connectivity index (χ4n) is 4.71. The van der Waals surface area contributed by atoms with Crippen LogP contribution in [0.15, 0.2) is 60.9 Å². The van der Waals surface area contributed by atoms with E-state index in [0.717, 1.165) is 24.0 Å². The molecule has 2 aromatic heterocycles. The van der Waals surface area contributed by atoms with E-state index in [1.54, 1.807) is 29.4 Å². The third kappa shape index (κ3) is 4.91. The lowest BCUT2D eigenvalue weighted by atomic mass is 9.95. The number of phenols is 1. The number of benzene rings is 2. The summed E-state index contributed by atoms with van der Waals surface area (Å²) in [5, 5.41) is 18.5. The monoisotopic (exact) mass is 532 g/mol. The molecule has 2 N–H and O–H groups in total. The molecule has 1 aliphatic heterocycles. The summed E-state index contributed by atoms with van der Waals surface area (Å²) in [7, 11) is 0. The number of aromatic hydroxyl groups is 1. The number of nitrogens with one attached hydrogen (secondary N) is 1. The number of pyridine rings is 1. The molecule has 2 aromatic carbocycles. The highest BCUT2D eigenvalue weighted by molar-refractivity contribution is 6.31. The fourth-order valence-corrected chi connectivity index (χ4v) is 4.88. The number of carbonyl (C=O) groups is 1. The zero-order valence-electron chi connectivity index (χ0n) is 21.3. The summed E-state index contributed by atoms with van der Waals surface area (Å²) in [6.45, 7) is 5.43. The van der Waals surface area contributed by atoms with Gasteiger partial charge in [0.05, 0.1) is 19.3 Å². The van der Waals surface area contributed by atoms with Crippen molar-refractivity contribution in [3.05, 3.63) is 88.3 Å². The Morgan fingerprint density at radius 2 is 1.97 bits per heavy atom. The van der Waals surface area contributed by atoms with Gasteiger partial charge >= 0.3 is 0 Å². The maximum atomic E-state index is 13.7. The molecule has 0 fully saturated rings. The quantitative estimate of drug-likeness (QED) is 0.237. The highest BCUT2D eigenvalue weighted by Gasteiger charge is 2.43. The van der Waals surface area contributed by atoms with E-state index in [1.807, 2.05) is 37.3 Å². The Kier molecular flexibility index (Phi) is 7.51. The molecule has 8 nitrogen and oxygen atoms in total. The van der Waals surface area contributed by atoms with Gasteiger partial charge in [-0.2, -0.15) is 5.10 Å². The number of unbranched alkanes of at least 4 members (excludes halogenated alkanes) is 1. The van der Waals surface area contributed by atoms with E-state index in [2.05, 4.69) is 22.1 Å². The summed E-state index contributed by atoms with van der Waals surface area (Å²) in [5.41, 5.74) is 3.67. The topological polar surface area (TPSA) is 101 Å². The third-order valence-corrected chi connectivity index (χ3v) is 6.73. The van der Waals surface area contributed by atoms with E-state index in [-0.39, 0.29) is 11.7 Å². The lowest BCUT2D eigenvalue weighted by molar-refractivity contribution is 0.0729. The van der Waals surface area contributed by atoms with Gasteiger partial charge in [0, 0.05) is 35.1 Å². The zero-order chi connectivity index (χ0) is 26.6. The molecule has 1 amide bonds. The SMILES string of the molecule is CCCCOc1ccc(C2c3c(-c4cc(Cl)ccc4O)n[nH]c3C(=O)N2Cc2cccnc2)cc1OCC. The number of aromatic nitrogens is 3. The van der Waals surface area contributed by atoms with Crippen LogP contribution in [0.2, 0.25) is 5.02 Å². The van der Waals surface area contributed by atoms with Gasteiger partial charge in [0.15, 0.2) is 11.5 Å². The van der Waals surface area contributed by atoms with Gasteiger partial charge in [-0.3, -0.25) is 14.9 Å². The van der Waals surface area contributed by atoms with Crippen LogP contribution in [0.4, 0.5) is 0 Å². The molecule has 3 heterocycles. The van der Waals surface area contributed by atoms with Gasteiger partial charge in [0.2, 0.25) is 0 Å². The van der Waals surface area contributed by atoms with Crippen LogP contribution in [0.25, 0.3) is 11.3 Å². The number of halogens is 1. The normalized spacial score (nSPS) is 14.6. The average molecular weight is 533 g/mol. The number of phenolic OH excluding ortho intramolecular Hbond substituents is 1. The summed E-state index contributed by atoms with van der Waals surface area (Å²) < 4.78 is 11.9. The van der Waals surface area contributed by atoms with E-state index in [4.69, 9.17) is 21.1 Å². The number of aromatic amines is 1. The molecule has 0 aliphatic carbocycles. The van der Waals surface area contributed by atoms with Crippen molar-refractivity contribution in [1.29, 1.82) is 0 Å². The van der Waals surface area contributed by atoms with Gasteiger partial charge in [-0.15, -0.1) is 0 Å². The molecule has 4 aromatic rings. The van der Waals surface area contributed by atoms with Gasteiger partial charge in [0.1, 0.15) is 17.1 Å². The van der Waals surface area contributed by atoms with Crippen molar-refractivity contribution in [1.82, 2.24) is 20.1 Å². The minimum absolute atomic E-state index is 0.0234. The zero-order valence-corrected chi connectivity index (χ0v) is 22.0. The van der Waals surface area contributed by atoms with E-state index in [9.17, 15) is 9.90 Å². The highest BCUT2D eigenvalue weighted by atomic mass is 35.5. The first kappa shape index (κ1) is 25.6. The standard InChI is InChI=1S/C29H29ClN4O4/c1-3-5-13-38-23-11-8-19(14-24(23)37-4-2)28-25-26(21-15-20(30)9-10-22(21)35)32-33-27(25)29(36)34(28)17-18-7-6-12-31-16-18/h6-12,14-16,28,35H,3-5,13,17H2,1-2H3,(H,32,33). The molecule has 0 radical (unpaired) electrons. The molecular formula is C29H29ClN4O4. The Hall–Kier alpha value is -4.04. The number of hydrogen-bond donors (Lipinski definition) is 2. The number of fused-ring (bicyclic) bond motifs is 1. The highest BCUT2D eigenvalue weighted by Crippen LogP contribution is 2.46. The van der Waals surface area contributed by atoms with Gasteiger partial charge in [-0.1, -0.05) is 37.1 Å². The maximum absolute atomic E-state index is 13.7. The molecule has 1 unspecified atom stereocenters. The summed E-state index contributed by atoms with van der Waals surface area (Å²) in [6.07, 6.45) is 5.41. The number of ether oxygens (including phenoxy) is 2. The van der Waals surface area contributed by atoms with Crippen LogP contribution < -0.4 is 9.47 Å². The van der Waals surface area contributed by atoms with Gasteiger partial charge in [0.25, 0.3) is 5.91 Å². The number of carbonyl (C=O) groups excluding carboxylic acids is 1. The molecule has 1 atom stereocenters. The molecular weight excluding hydrogens is 504 g/mol. The Morgan fingerprint density at radius 1 is 1.11 bits per heavy atom. The molecule has 9 heteroatoms. The van der Waals surface area contributed by atoms with Crippen molar-refractivity contribution in [3.63, 3.8) is 0 Å². The molecule has 0 spiro atoms. The van der Waals surface area contributed by atoms with Crippen LogP contribution in [0.1, 0.15) is 59.9 Å². The van der Waals surface area contributed by atoms with Crippen molar-refractivity contribution in [2.24, 2.45) is 0 Å². The summed E-state index contributed by atoms with van der Waals surface area (Å²) in [6, 6.07) is 13.8. The lowest BCUT2D eigenvalue weighted by Gasteiger charge is -2.27. The Bertz CT molecular complexity index is 1440. The van der Waals surface area contributed by atoms with Gasteiger partial charge < -0.3 is 19.5 Å². The van der Waals surface area contributed by atoms with Crippen LogP contribution in [0.5, 0.6) is 17.2 Å². The second kappa shape index (κ2) is 11.1. The predicted octanol–water partition coefficient (Wildman–Crippen LogP) is 6.15. The average Bonchev–Trinajstić information content (AvgIpc) is 3.46. The molecule has 0 saturated heterocycles. The van der Waals surface area contributed by atoms with Crippen molar-refractivity contribution >= 4 is 17.5 Å². The second-order valence-electron chi connectivity index (χ2n) is 9.06. The smallest absolute Gasteiger partial charge is 0.273 e. The second-order valence-corrected chi connectivity index (χ2v) is 9.50. The number of rotatable bonds is 10. The third-order valence-electron chi connectivity index (χ3n) is 6.49. The lowest BCUT2D eigenvalue weighted by Crippen LogP contribution is -2.29. The molecule has 1 aliphatic rings. The fraction of sp³-hybridized carbons (Fsp3) is 0.276. The Labute approximate surface area is 226 Å². The molecule has 0 saturated carbocycles. The molecule has 38 heavy (non-hydrogen) atoms. The van der Waals surface area contributed by atoms with Crippen LogP contribution in [0.3, 0.4) is 0 Å². The molecule has 0 bridgehead atoms. The van der Waals surface area contributed by atoms with Crippen molar-refractivity contribution in [2.45, 2.75) is 39.3 Å². The number of H-pyrrole nitrogens is 1. The number of nitrogens with zero attached hydrogens (tertiary/aromatic N) is 3. The number of amides is 1. The van der Waals surface area contributed by atoms with Crippen LogP contribution in [-0.2, 0) is 6.54 Å². The Balaban J connectivity index is 1.64. The summed E-state index contributed by atoms with van der Waals surface area (Å²) >= 11 is 6.26. The minimum Gasteiger partial charge on any atom is -0.507 e. The first-order chi connectivity index (χ1) is 18.5. The Morgan fingerprint density at radius 3 is 2.74 bits per heavy atom. The van der Waals surface area contributed by atoms with Crippen molar-refractivity contribution in [3.8, 4) is 28.5 Å². The van der Waals surface area contributed by atoms with Gasteiger partial charge in [-0.25, -0.2) is 0 Å². The van der Waals surface area contributed by atoms with Gasteiger partial charge in [-0.05, 0) is 60.9 Å². The first-order valence-corrected chi connectivity index (χ1v) is 13.1. The predicted molar refractivity (Wildman–Crippen MR) is 145 cm³/mol. The largest absolute Gasteiger partial charge is 0.507 e. The van der Waals surface area contributed by atoms with E-state index < -0.39 is 6.04 Å². The summed E-state index contributed by atoms with van der Waals surface area (Å²) in [4.78, 5) is 19.7. The van der Waals surface area contributed by atoms with Crippen molar-refractivity contribution in [2.75, 3.05) is 13.2 Å². The van der Waals surface area contributed by atoms with Crippen molar-refractivity contribution < 1.29 is 19.4 Å². The summed E-state index contributed by atoms with van der Waals surface area (Å²) in [5.74, 6) is 1.09. The van der Waals surface area contributed by atoms with E-state index in [0.29, 0.717) is 58.8 Å². The van der Waals surface area contributed by atoms with E-state index in [1.165, 1.54) is 6.07 Å². The van der Waals surface area contributed by atoms with Crippen LogP contribution in [0, 0.1) is 0 Å². The molecule has 5 rings (SSSR count). The number of hydrogen-bond acceptors (Lipinski definition) is 6. The maximum Gasteiger partial charge on any atom is 0.273 e. The minimum atomic E-state index is -0.506. The van der Waals surface area contributed by atoms with E-state index >= 15 is 0 Å². The molecule has 196 valence electrons.